The molecule has 0 aliphatic heterocycles. The molecule has 0 aromatic carbocycles. The van der Waals surface area contributed by atoms with Gasteiger partial charge in [-0.15, -0.1) is 4.80 Å². The second-order valence-electron chi connectivity index (χ2n) is 6.23. The molecule has 0 bridgehead atoms. The van der Waals surface area contributed by atoms with Crippen molar-refractivity contribution in [3.8, 4) is 5.82 Å². The molecule has 0 spiro atoms. The average Bonchev–Trinajstić information content (AvgIpc) is 3.36. The molecule has 30 heavy (non-hydrogen) atoms. The van der Waals surface area contributed by atoms with E-state index in [1.165, 1.54) is 23.4 Å². The summed E-state index contributed by atoms with van der Waals surface area (Å²) in [5.41, 5.74) is 2.13. The van der Waals surface area contributed by atoms with E-state index in [9.17, 15) is 4.79 Å². The van der Waals surface area contributed by atoms with Gasteiger partial charge in [0.1, 0.15) is 0 Å². The van der Waals surface area contributed by atoms with Crippen LogP contribution < -0.4 is 16.0 Å². The molecular formula is C17H16Cl2N10O. The maximum absolute atomic E-state index is 12.6. The monoisotopic (exact) mass is 446 g/mol. The van der Waals surface area contributed by atoms with E-state index in [2.05, 4.69) is 41.2 Å². The Bertz CT molecular complexity index is 1210. The van der Waals surface area contributed by atoms with Gasteiger partial charge in [0.05, 0.1) is 46.9 Å². The van der Waals surface area contributed by atoms with Crippen LogP contribution in [0.2, 0.25) is 10.2 Å². The summed E-state index contributed by atoms with van der Waals surface area (Å²) >= 11 is 12.3. The summed E-state index contributed by atoms with van der Waals surface area (Å²) in [5, 5.41) is 21.4. The number of hydrogen-bond donors (Lipinski definition) is 3. The minimum atomic E-state index is -0.498. The van der Waals surface area contributed by atoms with Crippen LogP contribution >= 0.6 is 23.2 Å². The fraction of sp³-hybridized carbons (Fsp3) is 0.176. The van der Waals surface area contributed by atoms with Gasteiger partial charge in [0, 0.05) is 12.1 Å². The number of aromatic nitrogens is 7. The van der Waals surface area contributed by atoms with Gasteiger partial charge in [-0.1, -0.05) is 23.2 Å². The number of pyridine rings is 1. The molecule has 154 valence electrons. The lowest BCUT2D eigenvalue weighted by Crippen LogP contribution is -2.24. The zero-order valence-electron chi connectivity index (χ0n) is 15.8. The molecule has 0 saturated carbocycles. The van der Waals surface area contributed by atoms with Gasteiger partial charge < -0.3 is 16.0 Å². The third-order valence-electron chi connectivity index (χ3n) is 4.27. The molecule has 13 heteroatoms. The summed E-state index contributed by atoms with van der Waals surface area (Å²) in [6.45, 7) is 1.93. The molecular weight excluding hydrogens is 431 g/mol. The molecule has 4 rings (SSSR count). The van der Waals surface area contributed by atoms with Gasteiger partial charge in [-0.3, -0.25) is 0 Å². The summed E-state index contributed by atoms with van der Waals surface area (Å²) in [6, 6.07) is 2.56. The molecule has 0 saturated heterocycles. The van der Waals surface area contributed by atoms with Crippen molar-refractivity contribution in [3.63, 3.8) is 0 Å². The Morgan fingerprint density at radius 3 is 2.57 bits per heavy atom. The Labute approximate surface area is 180 Å². The number of carbonyl (C=O) groups is 1. The Kier molecular flexibility index (Phi) is 5.48. The van der Waals surface area contributed by atoms with Gasteiger partial charge in [-0.05, 0) is 20.0 Å². The van der Waals surface area contributed by atoms with Crippen molar-refractivity contribution in [3.05, 3.63) is 52.8 Å². The maximum Gasteiger partial charge on any atom is 0.323 e. The number of rotatable bonds is 5. The second kappa shape index (κ2) is 8.22. The van der Waals surface area contributed by atoms with Crippen LogP contribution in [-0.2, 0) is 0 Å². The molecule has 0 aliphatic carbocycles. The molecule has 4 aromatic heterocycles. The molecule has 0 unspecified atom stereocenters. The van der Waals surface area contributed by atoms with Crippen LogP contribution in [0.4, 0.5) is 16.2 Å². The highest BCUT2D eigenvalue weighted by atomic mass is 35.5. The van der Waals surface area contributed by atoms with Crippen LogP contribution in [-0.4, -0.2) is 47.7 Å². The first-order valence-corrected chi connectivity index (χ1v) is 9.53. The van der Waals surface area contributed by atoms with Crippen LogP contribution in [0, 0.1) is 0 Å². The number of hydrogen-bond acceptors (Lipinski definition) is 7. The van der Waals surface area contributed by atoms with E-state index in [0.29, 0.717) is 33.7 Å². The Balaban J connectivity index is 1.57. The molecule has 4 heterocycles. The van der Waals surface area contributed by atoms with E-state index < -0.39 is 6.03 Å². The van der Waals surface area contributed by atoms with Crippen LogP contribution in [0.3, 0.4) is 0 Å². The first-order chi connectivity index (χ1) is 14.5. The fourth-order valence-corrected chi connectivity index (χ4v) is 3.24. The Morgan fingerprint density at radius 2 is 1.87 bits per heavy atom. The lowest BCUT2D eigenvalue weighted by atomic mass is 10.2. The van der Waals surface area contributed by atoms with E-state index in [0.717, 1.165) is 0 Å². The molecule has 0 aliphatic rings. The van der Waals surface area contributed by atoms with Gasteiger partial charge in [-0.25, -0.2) is 19.3 Å². The van der Waals surface area contributed by atoms with Gasteiger partial charge in [-0.2, -0.15) is 15.3 Å². The zero-order chi connectivity index (χ0) is 21.3. The summed E-state index contributed by atoms with van der Waals surface area (Å²) in [4.78, 5) is 22.4. The molecule has 0 fully saturated rings. The summed E-state index contributed by atoms with van der Waals surface area (Å²) in [7, 11) is 1.80. The Hall–Kier alpha value is -3.28. The third-order valence-corrected chi connectivity index (χ3v) is 4.73. The van der Waals surface area contributed by atoms with E-state index in [-0.39, 0.29) is 11.1 Å². The van der Waals surface area contributed by atoms with Crippen molar-refractivity contribution in [2.75, 3.05) is 17.7 Å². The van der Waals surface area contributed by atoms with Gasteiger partial charge >= 0.3 is 6.03 Å². The summed E-state index contributed by atoms with van der Waals surface area (Å²) in [5.74, 6) is 0.350. The standard InChI is InChI=1S/C17H16Cl2N10O/c1-9(20-2)15-12(8-21-14-6-13(19)27-28(14)15)26-17(30)25-10-5-11(18)16(22-7-10)29-23-3-4-24-29/h3-9,20H,1-2H3,(H2,25,26,30)/t9-/m1/s1. The van der Waals surface area contributed by atoms with Crippen molar-refractivity contribution in [1.82, 2.24) is 39.9 Å². The van der Waals surface area contributed by atoms with Crippen molar-refractivity contribution < 1.29 is 4.79 Å². The first kappa shape index (κ1) is 20.0. The predicted octanol–water partition coefficient (Wildman–Crippen LogP) is 2.94. The highest BCUT2D eigenvalue weighted by molar-refractivity contribution is 6.32. The predicted molar refractivity (Wildman–Crippen MR) is 112 cm³/mol. The van der Waals surface area contributed by atoms with Crippen molar-refractivity contribution >= 4 is 46.3 Å². The lowest BCUT2D eigenvalue weighted by molar-refractivity contribution is 0.262. The van der Waals surface area contributed by atoms with Crippen LogP contribution in [0.15, 0.2) is 36.9 Å². The van der Waals surface area contributed by atoms with Crippen LogP contribution in [0.25, 0.3) is 11.5 Å². The molecule has 0 radical (unpaired) electrons. The largest absolute Gasteiger partial charge is 0.323 e. The lowest BCUT2D eigenvalue weighted by Gasteiger charge is -2.17. The number of anilines is 2. The van der Waals surface area contributed by atoms with E-state index in [4.69, 9.17) is 23.2 Å². The topological polar surface area (TPSA) is 127 Å². The van der Waals surface area contributed by atoms with Gasteiger partial charge in [0.2, 0.25) is 0 Å². The second-order valence-corrected chi connectivity index (χ2v) is 7.03. The van der Waals surface area contributed by atoms with Crippen molar-refractivity contribution in [2.45, 2.75) is 13.0 Å². The van der Waals surface area contributed by atoms with E-state index in [1.807, 2.05) is 6.92 Å². The number of urea groups is 1. The van der Waals surface area contributed by atoms with Gasteiger partial charge in [0.25, 0.3) is 0 Å². The highest BCUT2D eigenvalue weighted by Crippen LogP contribution is 2.25. The summed E-state index contributed by atoms with van der Waals surface area (Å²) < 4.78 is 1.59. The SMILES string of the molecule is CN[C@H](C)c1c(NC(=O)Nc2cnc(-n3nccn3)c(Cl)c2)cnc2cc(Cl)nn12. The molecule has 2 amide bonds. The maximum atomic E-state index is 12.6. The number of nitrogens with zero attached hydrogens (tertiary/aromatic N) is 7. The normalized spacial score (nSPS) is 12.1. The van der Waals surface area contributed by atoms with E-state index in [1.54, 1.807) is 29.9 Å². The number of halogens is 2. The number of amides is 2. The molecule has 11 nitrogen and oxygen atoms in total. The smallest absolute Gasteiger partial charge is 0.312 e. The van der Waals surface area contributed by atoms with Gasteiger partial charge in [0.15, 0.2) is 16.6 Å². The average molecular weight is 447 g/mol. The third kappa shape index (κ3) is 3.90. The van der Waals surface area contributed by atoms with Crippen molar-refractivity contribution in [1.29, 1.82) is 0 Å². The molecule has 1 atom stereocenters. The molecule has 4 aromatic rings. The summed E-state index contributed by atoms with van der Waals surface area (Å²) in [6.07, 6.45) is 6.03. The number of fused-ring (bicyclic) bond motifs is 1. The van der Waals surface area contributed by atoms with E-state index >= 15 is 0 Å². The highest BCUT2D eigenvalue weighted by Gasteiger charge is 2.18. The number of nitrogens with one attached hydrogen (secondary N) is 3. The first-order valence-electron chi connectivity index (χ1n) is 8.78. The fourth-order valence-electron chi connectivity index (χ4n) is 2.83. The quantitative estimate of drug-likeness (QED) is 0.429. The minimum absolute atomic E-state index is 0.140. The zero-order valence-corrected chi connectivity index (χ0v) is 17.3. The van der Waals surface area contributed by atoms with Crippen LogP contribution in [0.1, 0.15) is 18.7 Å². The molecule has 3 N–H and O–H groups in total. The Morgan fingerprint density at radius 1 is 1.10 bits per heavy atom. The van der Waals surface area contributed by atoms with Crippen molar-refractivity contribution in [2.24, 2.45) is 0 Å². The van der Waals surface area contributed by atoms with Crippen LogP contribution in [0.5, 0.6) is 0 Å². The number of carbonyl (C=O) groups excluding carboxylic acids is 1. The minimum Gasteiger partial charge on any atom is -0.312 e.